The molecule has 39 heavy (non-hydrogen) atoms. The molecule has 5 atom stereocenters. The van der Waals surface area contributed by atoms with Crippen molar-refractivity contribution in [1.82, 2.24) is 0 Å². The molecule has 11 heteroatoms. The van der Waals surface area contributed by atoms with Gasteiger partial charge in [0, 0.05) is 37.3 Å². The Labute approximate surface area is 228 Å². The molecule has 1 aromatic carbocycles. The lowest BCUT2D eigenvalue weighted by atomic mass is 9.91. The first kappa shape index (κ1) is 31.4. The van der Waals surface area contributed by atoms with E-state index in [1.54, 1.807) is 52.0 Å². The highest BCUT2D eigenvalue weighted by molar-refractivity contribution is 6.05. The minimum absolute atomic E-state index is 0.0399. The zero-order chi connectivity index (χ0) is 29.4. The molecule has 1 aliphatic rings. The van der Waals surface area contributed by atoms with Crippen LogP contribution in [0.25, 0.3) is 6.08 Å². The van der Waals surface area contributed by atoms with Crippen molar-refractivity contribution in [3.8, 4) is 11.5 Å². The number of carbonyl (C=O) groups excluding carboxylic acids is 2. The van der Waals surface area contributed by atoms with Gasteiger partial charge in [-0.1, -0.05) is 36.8 Å². The van der Waals surface area contributed by atoms with Gasteiger partial charge in [-0.3, -0.25) is 4.79 Å². The molecule has 8 N–H and O–H groups in total. The first-order valence-corrected chi connectivity index (χ1v) is 12.4. The summed E-state index contributed by atoms with van der Waals surface area (Å²) in [5.74, 6) is -1.64. The van der Waals surface area contributed by atoms with Gasteiger partial charge in [0.1, 0.15) is 17.6 Å². The summed E-state index contributed by atoms with van der Waals surface area (Å²) >= 11 is 0. The number of aromatic hydroxyl groups is 2. The van der Waals surface area contributed by atoms with Crippen LogP contribution in [0.3, 0.4) is 0 Å². The number of carbonyl (C=O) groups is 2. The number of phenols is 2. The number of allylic oxidation sites excluding steroid dienone is 2. The van der Waals surface area contributed by atoms with Crippen molar-refractivity contribution in [3.63, 3.8) is 0 Å². The van der Waals surface area contributed by atoms with E-state index in [1.807, 2.05) is 0 Å². The third-order valence-electron chi connectivity index (χ3n) is 6.54. The van der Waals surface area contributed by atoms with E-state index in [1.165, 1.54) is 20.3 Å². The van der Waals surface area contributed by atoms with E-state index < -0.39 is 42.3 Å². The number of hydrogen-bond donors (Lipinski definition) is 6. The molecule has 1 heterocycles. The lowest BCUT2D eigenvalue weighted by Crippen LogP contribution is -2.36. The maximum atomic E-state index is 12.8. The van der Waals surface area contributed by atoms with Crippen molar-refractivity contribution in [3.05, 3.63) is 52.7 Å². The summed E-state index contributed by atoms with van der Waals surface area (Å²) in [7, 11) is 2.90. The summed E-state index contributed by atoms with van der Waals surface area (Å²) in [6, 6.07) is 1.16. The number of benzene rings is 1. The second-order valence-corrected chi connectivity index (χ2v) is 9.60. The Bertz CT molecular complexity index is 1190. The monoisotopic (exact) mass is 545 g/mol. The molecular weight excluding hydrogens is 506 g/mol. The number of rotatable bonds is 3. The highest BCUT2D eigenvalue weighted by atomic mass is 16.6. The summed E-state index contributed by atoms with van der Waals surface area (Å²) in [4.78, 5) is 24.5. The number of amides is 2. The highest BCUT2D eigenvalue weighted by Crippen LogP contribution is 2.40. The van der Waals surface area contributed by atoms with Crippen LogP contribution in [0.15, 0.2) is 47.1 Å². The topological polar surface area (TPSA) is 187 Å². The number of methoxy groups -OCH3 is 2. The zero-order valence-electron chi connectivity index (χ0n) is 23.1. The second-order valence-electron chi connectivity index (χ2n) is 9.60. The van der Waals surface area contributed by atoms with E-state index in [2.05, 4.69) is 5.32 Å². The Morgan fingerprint density at radius 3 is 2.41 bits per heavy atom. The number of anilines is 2. The first-order valence-electron chi connectivity index (χ1n) is 12.4. The van der Waals surface area contributed by atoms with Crippen molar-refractivity contribution in [2.45, 2.75) is 58.5 Å². The second kappa shape index (κ2) is 13.8. The maximum absolute atomic E-state index is 12.8. The molecule has 0 aliphatic carbocycles. The van der Waals surface area contributed by atoms with E-state index in [0.717, 1.165) is 6.07 Å². The number of nitrogens with two attached hydrogens (primary N) is 2. The van der Waals surface area contributed by atoms with Gasteiger partial charge < -0.3 is 46.3 Å². The van der Waals surface area contributed by atoms with Crippen molar-refractivity contribution >= 4 is 29.5 Å². The number of aliphatic hydroxyl groups is 1. The average molecular weight is 546 g/mol. The van der Waals surface area contributed by atoms with Gasteiger partial charge in [0.05, 0.1) is 23.6 Å². The van der Waals surface area contributed by atoms with Crippen LogP contribution in [0.2, 0.25) is 0 Å². The van der Waals surface area contributed by atoms with E-state index in [0.29, 0.717) is 11.1 Å². The van der Waals surface area contributed by atoms with Crippen LogP contribution >= 0.6 is 0 Å². The van der Waals surface area contributed by atoms with E-state index in [4.69, 9.17) is 25.7 Å². The highest BCUT2D eigenvalue weighted by Gasteiger charge is 2.28. The molecule has 1 aliphatic heterocycles. The molecular formula is C28H39N3O8. The van der Waals surface area contributed by atoms with Crippen molar-refractivity contribution in [2.24, 2.45) is 11.7 Å². The minimum atomic E-state index is -1.000. The number of primary amides is 1. The van der Waals surface area contributed by atoms with Crippen LogP contribution in [0.1, 0.15) is 39.7 Å². The van der Waals surface area contributed by atoms with E-state index in [9.17, 15) is 24.9 Å². The average Bonchev–Trinajstić information content (AvgIpc) is 2.88. The van der Waals surface area contributed by atoms with Gasteiger partial charge in [0.15, 0.2) is 6.10 Å². The van der Waals surface area contributed by atoms with Crippen LogP contribution < -0.4 is 16.8 Å². The van der Waals surface area contributed by atoms with Gasteiger partial charge in [-0.25, -0.2) is 4.79 Å². The number of hydrogen-bond acceptors (Lipinski definition) is 9. The number of ether oxygens (including phenoxy) is 3. The molecule has 0 aromatic heterocycles. The Morgan fingerprint density at radius 2 is 1.82 bits per heavy atom. The summed E-state index contributed by atoms with van der Waals surface area (Å²) in [6.45, 7) is 6.83. The van der Waals surface area contributed by atoms with Gasteiger partial charge in [-0.2, -0.15) is 0 Å². The van der Waals surface area contributed by atoms with Crippen LogP contribution in [0, 0.1) is 5.92 Å². The van der Waals surface area contributed by atoms with Gasteiger partial charge >= 0.3 is 6.09 Å². The molecule has 0 fully saturated rings. The Balaban J connectivity index is 2.69. The summed E-state index contributed by atoms with van der Waals surface area (Å²) < 4.78 is 16.4. The maximum Gasteiger partial charge on any atom is 0.405 e. The van der Waals surface area contributed by atoms with E-state index >= 15 is 0 Å². The molecule has 2 bridgehead atoms. The minimum Gasteiger partial charge on any atom is -0.506 e. The molecule has 0 saturated carbocycles. The number of nitrogens with one attached hydrogen (secondary N) is 1. The molecule has 0 spiro atoms. The first-order chi connectivity index (χ1) is 18.3. The molecule has 0 saturated heterocycles. The van der Waals surface area contributed by atoms with Crippen LogP contribution in [-0.4, -0.2) is 66.0 Å². The molecule has 2 rings (SSSR count). The Hall–Kier alpha value is -3.80. The van der Waals surface area contributed by atoms with Gasteiger partial charge in [0.2, 0.25) is 0 Å². The smallest absolute Gasteiger partial charge is 0.405 e. The third kappa shape index (κ3) is 8.09. The summed E-state index contributed by atoms with van der Waals surface area (Å²) in [5.41, 5.74) is 12.9. The predicted octanol–water partition coefficient (Wildman–Crippen LogP) is 3.37. The predicted molar refractivity (Wildman–Crippen MR) is 149 cm³/mol. The third-order valence-corrected chi connectivity index (χ3v) is 6.54. The SMILES string of the molecule is CO[C@H]1C=CC=C(C)C(=O)Nc2cc(O)c(N)c(c2O)C=C(C)C[C@H](OC)[C@H](O)[C@@H](C)C=C(C)[C@@H]1OC(N)=O. The fraction of sp³-hybridized carbons (Fsp3) is 0.429. The van der Waals surface area contributed by atoms with Gasteiger partial charge in [-0.05, 0) is 38.8 Å². The lowest BCUT2D eigenvalue weighted by molar-refractivity contribution is -0.112. The van der Waals surface area contributed by atoms with Crippen LogP contribution in [0.4, 0.5) is 16.2 Å². The zero-order valence-corrected chi connectivity index (χ0v) is 23.1. The largest absolute Gasteiger partial charge is 0.506 e. The number of fused-ring (bicyclic) bond motifs is 2. The standard InChI is InChI=1S/C28H39N3O8/c1-14-10-18-23(29)20(32)13-19(25(18)34)31-27(35)15(2)8-7-9-21(37-5)26(39-28(30)36)17(4)12-16(3)24(33)22(11-14)38-6/h7-10,12-13,16,21-22,24,26,32-34H,11,29H2,1-6H3,(H2,30,36)(H,31,35)/t16-,21-,22-,24+,26-/m0/s1. The summed E-state index contributed by atoms with van der Waals surface area (Å²) in [6.07, 6.45) is 3.89. The number of aliphatic hydroxyl groups excluding tert-OH is 1. The molecule has 0 radical (unpaired) electrons. The normalized spacial score (nSPS) is 25.3. The summed E-state index contributed by atoms with van der Waals surface area (Å²) in [5, 5.41) is 34.9. The fourth-order valence-electron chi connectivity index (χ4n) is 4.30. The number of nitrogen functional groups attached to an aromatic ring is 1. The van der Waals surface area contributed by atoms with Crippen LogP contribution in [0.5, 0.6) is 11.5 Å². The molecule has 11 nitrogen and oxygen atoms in total. The number of phenolic OH excluding ortho intramolecular Hbond substituents is 2. The lowest BCUT2D eigenvalue weighted by Gasteiger charge is -2.28. The molecule has 0 unspecified atom stereocenters. The molecule has 1 aromatic rings. The Kier molecular flexibility index (Phi) is 11.1. The molecule has 2 amide bonds. The van der Waals surface area contributed by atoms with Gasteiger partial charge in [-0.15, -0.1) is 0 Å². The fourth-order valence-corrected chi connectivity index (χ4v) is 4.30. The van der Waals surface area contributed by atoms with Crippen molar-refractivity contribution in [2.75, 3.05) is 25.3 Å². The van der Waals surface area contributed by atoms with Crippen LogP contribution in [-0.2, 0) is 19.0 Å². The van der Waals surface area contributed by atoms with Crippen molar-refractivity contribution < 1.29 is 39.1 Å². The molecule has 214 valence electrons. The Morgan fingerprint density at radius 1 is 1.15 bits per heavy atom. The van der Waals surface area contributed by atoms with E-state index in [-0.39, 0.29) is 40.4 Å². The van der Waals surface area contributed by atoms with Crippen molar-refractivity contribution in [1.29, 1.82) is 0 Å². The quantitative estimate of drug-likeness (QED) is 0.143. The van der Waals surface area contributed by atoms with Gasteiger partial charge in [0.25, 0.3) is 5.91 Å².